The van der Waals surface area contributed by atoms with Gasteiger partial charge in [0, 0.05) is 19.5 Å². The van der Waals surface area contributed by atoms with E-state index in [1.807, 2.05) is 49.2 Å². The Hall–Kier alpha value is -2.40. The summed E-state index contributed by atoms with van der Waals surface area (Å²) in [5, 5.41) is 2.99. The van der Waals surface area contributed by atoms with Crippen molar-refractivity contribution in [3.05, 3.63) is 66.0 Å². The third-order valence-corrected chi connectivity index (χ3v) is 3.96. The molecule has 0 saturated heterocycles. The van der Waals surface area contributed by atoms with Gasteiger partial charge in [0.25, 0.3) is 0 Å². The molecular formula is C20H25FN2O2. The Bertz CT molecular complexity index is 664. The fourth-order valence-corrected chi connectivity index (χ4v) is 2.42. The van der Waals surface area contributed by atoms with Crippen molar-refractivity contribution < 1.29 is 13.9 Å². The number of carbonyl (C=O) groups excluding carboxylic acids is 1. The minimum absolute atomic E-state index is 0.0107. The highest BCUT2D eigenvalue weighted by molar-refractivity contribution is 5.76. The van der Waals surface area contributed by atoms with E-state index in [0.717, 1.165) is 5.56 Å². The molecule has 0 aliphatic heterocycles. The van der Waals surface area contributed by atoms with Crippen molar-refractivity contribution in [1.29, 1.82) is 0 Å². The summed E-state index contributed by atoms with van der Waals surface area (Å²) >= 11 is 0. The summed E-state index contributed by atoms with van der Waals surface area (Å²) in [5.74, 6) is -0.0945. The van der Waals surface area contributed by atoms with Crippen molar-refractivity contribution in [1.82, 2.24) is 10.2 Å². The molecule has 2 aromatic rings. The van der Waals surface area contributed by atoms with Crippen LogP contribution >= 0.6 is 0 Å². The molecule has 2 rings (SSSR count). The number of benzene rings is 2. The van der Waals surface area contributed by atoms with Gasteiger partial charge in [-0.05, 0) is 31.7 Å². The van der Waals surface area contributed by atoms with E-state index >= 15 is 0 Å². The van der Waals surface area contributed by atoms with Crippen LogP contribution < -0.4 is 10.1 Å². The van der Waals surface area contributed by atoms with Crippen LogP contribution in [0.5, 0.6) is 5.75 Å². The number of likely N-dealkylation sites (N-methyl/N-ethyl adjacent to an activating group) is 1. The van der Waals surface area contributed by atoms with E-state index in [0.29, 0.717) is 26.1 Å². The van der Waals surface area contributed by atoms with Gasteiger partial charge < -0.3 is 15.0 Å². The molecule has 0 spiro atoms. The Labute approximate surface area is 148 Å². The highest BCUT2D eigenvalue weighted by atomic mass is 19.1. The lowest BCUT2D eigenvalue weighted by molar-refractivity contribution is -0.122. The van der Waals surface area contributed by atoms with Crippen molar-refractivity contribution >= 4 is 5.91 Å². The number of rotatable bonds is 9. The maximum absolute atomic E-state index is 13.4. The Morgan fingerprint density at radius 1 is 1.12 bits per heavy atom. The van der Waals surface area contributed by atoms with Gasteiger partial charge in [0.1, 0.15) is 6.61 Å². The maximum atomic E-state index is 13.4. The topological polar surface area (TPSA) is 41.6 Å². The zero-order valence-electron chi connectivity index (χ0n) is 14.7. The van der Waals surface area contributed by atoms with Crippen LogP contribution in [0.15, 0.2) is 54.6 Å². The molecule has 25 heavy (non-hydrogen) atoms. The van der Waals surface area contributed by atoms with Gasteiger partial charge in [-0.2, -0.15) is 0 Å². The molecule has 0 aliphatic rings. The van der Waals surface area contributed by atoms with Gasteiger partial charge in [0.15, 0.2) is 11.6 Å². The third kappa shape index (κ3) is 6.55. The van der Waals surface area contributed by atoms with Crippen molar-refractivity contribution in [2.24, 2.45) is 0 Å². The van der Waals surface area contributed by atoms with Crippen molar-refractivity contribution in [3.8, 4) is 5.75 Å². The van der Waals surface area contributed by atoms with Crippen molar-refractivity contribution in [2.45, 2.75) is 19.4 Å². The van der Waals surface area contributed by atoms with Crippen LogP contribution in [0.1, 0.15) is 24.9 Å². The second-order valence-corrected chi connectivity index (χ2v) is 6.03. The Morgan fingerprint density at radius 3 is 2.52 bits per heavy atom. The molecule has 1 atom stereocenters. The number of carbonyl (C=O) groups is 1. The van der Waals surface area contributed by atoms with Crippen LogP contribution in [0.4, 0.5) is 4.39 Å². The van der Waals surface area contributed by atoms with E-state index in [9.17, 15) is 9.18 Å². The Balaban J connectivity index is 1.65. The number of hydrogen-bond acceptors (Lipinski definition) is 3. The molecule has 0 aliphatic carbocycles. The molecule has 0 radical (unpaired) electrons. The van der Waals surface area contributed by atoms with E-state index < -0.39 is 0 Å². The van der Waals surface area contributed by atoms with Gasteiger partial charge in [-0.15, -0.1) is 0 Å². The standard InChI is InChI=1S/C20H25FN2O2/c1-16(17-8-4-3-5-9-17)22-20(24)12-13-23(2)14-15-25-19-11-7-6-10-18(19)21/h3-11,16H,12-15H2,1-2H3,(H,22,24). The summed E-state index contributed by atoms with van der Waals surface area (Å²) in [4.78, 5) is 14.0. The van der Waals surface area contributed by atoms with Crippen LogP contribution in [0, 0.1) is 5.82 Å². The smallest absolute Gasteiger partial charge is 0.221 e. The molecule has 0 bridgehead atoms. The third-order valence-electron chi connectivity index (χ3n) is 3.96. The quantitative estimate of drug-likeness (QED) is 0.758. The Morgan fingerprint density at radius 2 is 1.80 bits per heavy atom. The predicted molar refractivity (Wildman–Crippen MR) is 97.0 cm³/mol. The Kier molecular flexibility index (Phi) is 7.41. The summed E-state index contributed by atoms with van der Waals surface area (Å²) in [5.41, 5.74) is 1.09. The number of para-hydroxylation sites is 1. The number of ether oxygens (including phenoxy) is 1. The van der Waals surface area contributed by atoms with Crippen LogP contribution in [-0.2, 0) is 4.79 Å². The van der Waals surface area contributed by atoms with Crippen LogP contribution in [0.3, 0.4) is 0 Å². The first-order valence-corrected chi connectivity index (χ1v) is 8.46. The number of nitrogens with zero attached hydrogens (tertiary/aromatic N) is 1. The molecule has 2 aromatic carbocycles. The first kappa shape index (κ1) is 18.9. The van der Waals surface area contributed by atoms with Crippen molar-refractivity contribution in [2.75, 3.05) is 26.7 Å². The van der Waals surface area contributed by atoms with E-state index in [-0.39, 0.29) is 23.5 Å². The number of nitrogens with one attached hydrogen (secondary N) is 1. The highest BCUT2D eigenvalue weighted by Gasteiger charge is 2.10. The van der Waals surface area contributed by atoms with Gasteiger partial charge in [-0.1, -0.05) is 42.5 Å². The highest BCUT2D eigenvalue weighted by Crippen LogP contribution is 2.15. The van der Waals surface area contributed by atoms with Gasteiger partial charge in [-0.25, -0.2) is 4.39 Å². The summed E-state index contributed by atoms with van der Waals surface area (Å²) in [7, 11) is 1.92. The monoisotopic (exact) mass is 344 g/mol. The van der Waals surface area contributed by atoms with Crippen LogP contribution in [-0.4, -0.2) is 37.6 Å². The molecule has 4 nitrogen and oxygen atoms in total. The molecule has 1 unspecified atom stereocenters. The molecule has 0 aromatic heterocycles. The van der Waals surface area contributed by atoms with Gasteiger partial charge in [0.2, 0.25) is 5.91 Å². The average Bonchev–Trinajstić information content (AvgIpc) is 2.62. The zero-order valence-corrected chi connectivity index (χ0v) is 14.7. The lowest BCUT2D eigenvalue weighted by atomic mass is 10.1. The summed E-state index contributed by atoms with van der Waals surface area (Å²) < 4.78 is 18.9. The van der Waals surface area contributed by atoms with E-state index in [2.05, 4.69) is 5.32 Å². The second kappa shape index (κ2) is 9.79. The fourth-order valence-electron chi connectivity index (χ4n) is 2.42. The van der Waals surface area contributed by atoms with Gasteiger partial charge >= 0.3 is 0 Å². The molecular weight excluding hydrogens is 319 g/mol. The lowest BCUT2D eigenvalue weighted by Crippen LogP contribution is -2.32. The predicted octanol–water partition coefficient (Wildman–Crippen LogP) is 3.40. The zero-order chi connectivity index (χ0) is 18.1. The molecule has 1 amide bonds. The summed E-state index contributed by atoms with van der Waals surface area (Å²) in [6.45, 7) is 3.59. The first-order chi connectivity index (χ1) is 12.1. The van der Waals surface area contributed by atoms with E-state index in [1.165, 1.54) is 6.07 Å². The normalized spacial score (nSPS) is 12.0. The number of hydrogen-bond donors (Lipinski definition) is 1. The molecule has 134 valence electrons. The minimum atomic E-state index is -0.362. The summed E-state index contributed by atoms with van der Waals surface area (Å²) in [6.07, 6.45) is 0.410. The van der Waals surface area contributed by atoms with Crippen LogP contribution in [0.25, 0.3) is 0 Å². The lowest BCUT2D eigenvalue weighted by Gasteiger charge is -2.18. The number of amides is 1. The fraction of sp³-hybridized carbons (Fsp3) is 0.350. The molecule has 5 heteroatoms. The molecule has 0 fully saturated rings. The van der Waals surface area contributed by atoms with E-state index in [1.54, 1.807) is 18.2 Å². The second-order valence-electron chi connectivity index (χ2n) is 6.03. The summed E-state index contributed by atoms with van der Waals surface area (Å²) in [6, 6.07) is 16.2. The van der Waals surface area contributed by atoms with Gasteiger partial charge in [-0.3, -0.25) is 4.79 Å². The molecule has 1 N–H and O–H groups in total. The van der Waals surface area contributed by atoms with Crippen molar-refractivity contribution in [3.63, 3.8) is 0 Å². The SMILES string of the molecule is CC(NC(=O)CCN(C)CCOc1ccccc1F)c1ccccc1. The van der Waals surface area contributed by atoms with Gasteiger partial charge in [0.05, 0.1) is 6.04 Å². The van der Waals surface area contributed by atoms with E-state index in [4.69, 9.17) is 4.74 Å². The largest absolute Gasteiger partial charge is 0.489 e. The maximum Gasteiger partial charge on any atom is 0.221 e. The molecule has 0 heterocycles. The average molecular weight is 344 g/mol. The molecule has 0 saturated carbocycles. The minimum Gasteiger partial charge on any atom is -0.489 e. The van der Waals surface area contributed by atoms with Crippen LogP contribution in [0.2, 0.25) is 0 Å². The first-order valence-electron chi connectivity index (χ1n) is 8.46. The number of halogens is 1.